The number of nitrogens with two attached hydrogens (primary N) is 1. The molecule has 1 aliphatic rings. The molecule has 0 bridgehead atoms. The smallest absolute Gasteiger partial charge is 0.410 e. The fourth-order valence-electron chi connectivity index (χ4n) is 5.47. The summed E-state index contributed by atoms with van der Waals surface area (Å²) < 4.78 is 5.76. The van der Waals surface area contributed by atoms with Crippen LogP contribution >= 0.6 is 11.3 Å². The standard InChI is InChI=1S/C33H41N5O4S/c1-32(2,3)42-31(41)38(5)33(4,26(21-13-8-6-9-14-21)22-15-10-7-11-16-22)30(40)37-27(28(39)23-17-12-20-36-23)24-18-19-25(43-24)29(34)35/h6-11,13-16,18-19,23,26-27,36H,12,17,20H2,1-5H3,(H3,34,35)(H,37,40)/t23-,27?,33+/m0/s1. The zero-order valence-corrected chi connectivity index (χ0v) is 26.2. The maximum Gasteiger partial charge on any atom is 0.410 e. The summed E-state index contributed by atoms with van der Waals surface area (Å²) in [4.78, 5) is 44.8. The molecule has 1 unspecified atom stereocenters. The van der Waals surface area contributed by atoms with Gasteiger partial charge in [-0.2, -0.15) is 0 Å². The Labute approximate surface area is 257 Å². The second-order valence-electron chi connectivity index (χ2n) is 12.0. The number of nitrogen functional groups attached to an aromatic ring is 1. The summed E-state index contributed by atoms with van der Waals surface area (Å²) in [6.45, 7) is 7.74. The van der Waals surface area contributed by atoms with Gasteiger partial charge in [-0.05, 0) is 70.3 Å². The summed E-state index contributed by atoms with van der Waals surface area (Å²) in [5.74, 6) is -1.44. The first-order valence-corrected chi connectivity index (χ1v) is 15.2. The Bertz CT molecular complexity index is 1410. The number of thiophene rings is 1. The molecule has 2 aromatic carbocycles. The number of hydrogen-bond donors (Lipinski definition) is 4. The highest BCUT2D eigenvalue weighted by molar-refractivity contribution is 7.14. The minimum atomic E-state index is -1.55. The number of ether oxygens (including phenoxy) is 1. The van der Waals surface area contributed by atoms with Crippen molar-refractivity contribution in [2.24, 2.45) is 5.73 Å². The van der Waals surface area contributed by atoms with Crippen LogP contribution in [0.4, 0.5) is 4.79 Å². The van der Waals surface area contributed by atoms with Gasteiger partial charge in [-0.25, -0.2) is 4.79 Å². The first-order chi connectivity index (χ1) is 20.3. The lowest BCUT2D eigenvalue weighted by Crippen LogP contribution is -2.62. The maximum absolute atomic E-state index is 14.8. The minimum absolute atomic E-state index is 0.115. The highest BCUT2D eigenvalue weighted by atomic mass is 32.1. The van der Waals surface area contributed by atoms with E-state index >= 15 is 0 Å². The molecule has 1 aliphatic heterocycles. The fraction of sp³-hybridized carbons (Fsp3) is 0.394. The lowest BCUT2D eigenvalue weighted by molar-refractivity contribution is -0.136. The molecule has 228 valence electrons. The summed E-state index contributed by atoms with van der Waals surface area (Å²) in [5.41, 5.74) is 5.02. The largest absolute Gasteiger partial charge is 0.444 e. The van der Waals surface area contributed by atoms with Crippen LogP contribution in [0.2, 0.25) is 0 Å². The molecule has 0 radical (unpaired) electrons. The van der Waals surface area contributed by atoms with Crippen LogP contribution in [-0.4, -0.2) is 59.3 Å². The molecule has 1 fully saturated rings. The number of hydrogen-bond acceptors (Lipinski definition) is 7. The predicted octanol–water partition coefficient (Wildman–Crippen LogP) is 4.97. The zero-order valence-electron chi connectivity index (χ0n) is 25.3. The van der Waals surface area contributed by atoms with E-state index in [1.165, 1.54) is 16.2 Å². The molecule has 5 N–H and O–H groups in total. The number of carbonyl (C=O) groups excluding carboxylic acids is 3. The maximum atomic E-state index is 14.8. The number of amidine groups is 1. The molecular formula is C33H41N5O4S. The Balaban J connectivity index is 1.85. The van der Waals surface area contributed by atoms with Gasteiger partial charge in [0.2, 0.25) is 5.91 Å². The van der Waals surface area contributed by atoms with Gasteiger partial charge in [0.05, 0.1) is 10.9 Å². The quantitative estimate of drug-likeness (QED) is 0.191. The minimum Gasteiger partial charge on any atom is -0.444 e. The number of rotatable bonds is 10. The molecule has 0 spiro atoms. The lowest BCUT2D eigenvalue weighted by atomic mass is 9.74. The van der Waals surface area contributed by atoms with Crippen molar-refractivity contribution >= 4 is 35.0 Å². The Morgan fingerprint density at radius 3 is 2.05 bits per heavy atom. The lowest BCUT2D eigenvalue weighted by Gasteiger charge is -2.44. The highest BCUT2D eigenvalue weighted by Gasteiger charge is 2.50. The number of amides is 2. The van der Waals surface area contributed by atoms with Crippen molar-refractivity contribution in [1.82, 2.24) is 15.5 Å². The number of likely N-dealkylation sites (N-methyl/N-ethyl adjacent to an activating group) is 1. The zero-order chi connectivity index (χ0) is 31.4. The first kappa shape index (κ1) is 31.9. The van der Waals surface area contributed by atoms with Gasteiger partial charge >= 0.3 is 6.09 Å². The molecule has 1 aromatic heterocycles. The molecule has 1 saturated heterocycles. The van der Waals surface area contributed by atoms with Crippen molar-refractivity contribution in [2.75, 3.05) is 13.6 Å². The van der Waals surface area contributed by atoms with E-state index in [1.54, 1.807) is 46.9 Å². The third-order valence-corrected chi connectivity index (χ3v) is 8.98. The fourth-order valence-corrected chi connectivity index (χ4v) is 6.40. The Morgan fingerprint density at radius 1 is 1.00 bits per heavy atom. The van der Waals surface area contributed by atoms with Gasteiger partial charge in [0.15, 0.2) is 5.78 Å². The van der Waals surface area contributed by atoms with E-state index in [1.807, 2.05) is 60.7 Å². The van der Waals surface area contributed by atoms with Gasteiger partial charge in [0.25, 0.3) is 0 Å². The van der Waals surface area contributed by atoms with Crippen molar-refractivity contribution < 1.29 is 19.1 Å². The molecule has 2 amide bonds. The normalized spacial score (nSPS) is 17.1. The second kappa shape index (κ2) is 13.1. The van der Waals surface area contributed by atoms with Gasteiger partial charge in [0.1, 0.15) is 23.0 Å². The molecule has 3 aromatic rings. The van der Waals surface area contributed by atoms with E-state index in [4.69, 9.17) is 15.9 Å². The second-order valence-corrected chi connectivity index (χ2v) is 13.1. The Kier molecular flexibility index (Phi) is 9.72. The summed E-state index contributed by atoms with van der Waals surface area (Å²) in [6.07, 6.45) is 0.836. The van der Waals surface area contributed by atoms with Crippen LogP contribution < -0.4 is 16.4 Å². The average molecular weight is 604 g/mol. The number of nitrogens with one attached hydrogen (secondary N) is 3. The van der Waals surface area contributed by atoms with Crippen LogP contribution in [0.15, 0.2) is 72.8 Å². The summed E-state index contributed by atoms with van der Waals surface area (Å²) in [5, 5.41) is 14.2. The van der Waals surface area contributed by atoms with Gasteiger partial charge in [-0.1, -0.05) is 60.7 Å². The topological polar surface area (TPSA) is 138 Å². The molecule has 0 aliphatic carbocycles. The third-order valence-electron chi connectivity index (χ3n) is 7.79. The van der Waals surface area contributed by atoms with Crippen LogP contribution in [0.3, 0.4) is 0 Å². The van der Waals surface area contributed by atoms with E-state index in [2.05, 4.69) is 10.6 Å². The number of carbonyl (C=O) groups is 3. The van der Waals surface area contributed by atoms with E-state index < -0.39 is 41.1 Å². The summed E-state index contributed by atoms with van der Waals surface area (Å²) in [7, 11) is 1.56. The molecule has 3 atom stereocenters. The number of nitrogens with zero attached hydrogens (tertiary/aromatic N) is 1. The van der Waals surface area contributed by atoms with Crippen LogP contribution in [-0.2, 0) is 14.3 Å². The highest BCUT2D eigenvalue weighted by Crippen LogP contribution is 2.40. The van der Waals surface area contributed by atoms with Gasteiger partial charge < -0.3 is 21.1 Å². The SMILES string of the molecule is CN(C(=O)OC(C)(C)C)[C@@](C)(C(=O)NC(C(=O)[C@@H]1CCCN1)c1ccc(C(=N)N)s1)C(c1ccccc1)c1ccccc1. The number of benzene rings is 2. The molecule has 4 rings (SSSR count). The molecule has 10 heteroatoms. The monoisotopic (exact) mass is 603 g/mol. The van der Waals surface area contributed by atoms with Crippen molar-refractivity contribution in [3.63, 3.8) is 0 Å². The van der Waals surface area contributed by atoms with Crippen LogP contribution in [0.1, 0.15) is 73.4 Å². The van der Waals surface area contributed by atoms with Crippen molar-refractivity contribution in [3.8, 4) is 0 Å². The van der Waals surface area contributed by atoms with Crippen LogP contribution in [0.25, 0.3) is 0 Å². The van der Waals surface area contributed by atoms with Crippen LogP contribution in [0, 0.1) is 5.41 Å². The van der Waals surface area contributed by atoms with Crippen molar-refractivity contribution in [3.05, 3.63) is 93.7 Å². The third kappa shape index (κ3) is 7.14. The molecular weight excluding hydrogens is 562 g/mol. The van der Waals surface area contributed by atoms with Crippen molar-refractivity contribution in [1.29, 1.82) is 5.41 Å². The molecule has 43 heavy (non-hydrogen) atoms. The van der Waals surface area contributed by atoms with E-state index in [0.29, 0.717) is 22.7 Å². The van der Waals surface area contributed by atoms with E-state index in [-0.39, 0.29) is 11.6 Å². The van der Waals surface area contributed by atoms with Crippen molar-refractivity contribution in [2.45, 2.75) is 69.7 Å². The predicted molar refractivity (Wildman–Crippen MR) is 169 cm³/mol. The Morgan fingerprint density at radius 2 is 1.58 bits per heavy atom. The van der Waals surface area contributed by atoms with E-state index in [0.717, 1.165) is 17.5 Å². The van der Waals surface area contributed by atoms with Gasteiger partial charge in [-0.3, -0.25) is 19.9 Å². The Hall–Kier alpha value is -4.02. The first-order valence-electron chi connectivity index (χ1n) is 14.4. The molecule has 0 saturated carbocycles. The van der Waals surface area contributed by atoms with Gasteiger partial charge in [-0.15, -0.1) is 11.3 Å². The van der Waals surface area contributed by atoms with Crippen LogP contribution in [0.5, 0.6) is 0 Å². The molecule has 2 heterocycles. The van der Waals surface area contributed by atoms with E-state index in [9.17, 15) is 14.4 Å². The average Bonchev–Trinajstić information content (AvgIpc) is 3.69. The number of Topliss-reactive ketones (excluding diaryl/α,β-unsaturated/α-hetero) is 1. The summed E-state index contributed by atoms with van der Waals surface area (Å²) >= 11 is 1.19. The molecule has 9 nitrogen and oxygen atoms in total. The summed E-state index contributed by atoms with van der Waals surface area (Å²) in [6, 6.07) is 21.0. The van der Waals surface area contributed by atoms with Gasteiger partial charge in [0, 0.05) is 17.8 Å². The number of ketones is 1.